The number of hydrogen-bond donors (Lipinski definition) is 1. The van der Waals surface area contributed by atoms with E-state index in [0.29, 0.717) is 11.8 Å². The molecule has 0 radical (unpaired) electrons. The molecule has 1 atom stereocenters. The Balaban J connectivity index is 1.94. The molecule has 128 valence electrons. The molecule has 0 amide bonds. The molecule has 4 nitrogen and oxygen atoms in total. The maximum Gasteiger partial charge on any atom is 0.241 e. The van der Waals surface area contributed by atoms with E-state index in [1.54, 1.807) is 24.3 Å². The molecule has 0 heterocycles. The molecule has 5 heteroatoms. The SMILES string of the molecule is CC(=O)[C@H](Cc1ccccc1)NS(=O)(=O)c1cccc2ccccc12. The van der Waals surface area contributed by atoms with Crippen LogP contribution in [0.5, 0.6) is 0 Å². The second-order valence-corrected chi connectivity index (χ2v) is 7.63. The van der Waals surface area contributed by atoms with Crippen LogP contribution in [0.3, 0.4) is 0 Å². The molecule has 0 aromatic heterocycles. The van der Waals surface area contributed by atoms with Crippen LogP contribution in [-0.2, 0) is 21.2 Å². The van der Waals surface area contributed by atoms with E-state index in [2.05, 4.69) is 4.72 Å². The van der Waals surface area contributed by atoms with Gasteiger partial charge in [-0.3, -0.25) is 4.79 Å². The molecule has 0 aliphatic rings. The molecule has 0 saturated heterocycles. The van der Waals surface area contributed by atoms with Gasteiger partial charge in [0.05, 0.1) is 10.9 Å². The van der Waals surface area contributed by atoms with Crippen molar-refractivity contribution in [3.05, 3.63) is 78.4 Å². The molecule has 1 N–H and O–H groups in total. The van der Waals surface area contributed by atoms with E-state index in [4.69, 9.17) is 0 Å². The van der Waals surface area contributed by atoms with Crippen molar-refractivity contribution >= 4 is 26.6 Å². The van der Waals surface area contributed by atoms with Gasteiger partial charge in [-0.1, -0.05) is 66.7 Å². The van der Waals surface area contributed by atoms with Gasteiger partial charge in [0.2, 0.25) is 10.0 Å². The predicted octanol–water partition coefficient (Wildman–Crippen LogP) is 3.32. The van der Waals surface area contributed by atoms with Crippen LogP contribution in [-0.4, -0.2) is 20.2 Å². The van der Waals surface area contributed by atoms with Gasteiger partial charge in [-0.25, -0.2) is 13.1 Å². The van der Waals surface area contributed by atoms with Crippen LogP contribution in [0.4, 0.5) is 0 Å². The van der Waals surface area contributed by atoms with Gasteiger partial charge in [-0.15, -0.1) is 0 Å². The molecule has 3 aromatic rings. The largest absolute Gasteiger partial charge is 0.298 e. The van der Waals surface area contributed by atoms with Crippen molar-refractivity contribution in [3.8, 4) is 0 Å². The number of nitrogens with one attached hydrogen (secondary N) is 1. The number of carbonyl (C=O) groups excluding carboxylic acids is 1. The Bertz CT molecular complexity index is 992. The lowest BCUT2D eigenvalue weighted by Gasteiger charge is -2.17. The summed E-state index contributed by atoms with van der Waals surface area (Å²) in [6, 6.07) is 21.0. The normalized spacial score (nSPS) is 12.8. The number of rotatable bonds is 6. The van der Waals surface area contributed by atoms with Gasteiger partial charge in [-0.2, -0.15) is 0 Å². The van der Waals surface area contributed by atoms with Crippen molar-refractivity contribution in [2.75, 3.05) is 0 Å². The summed E-state index contributed by atoms with van der Waals surface area (Å²) in [4.78, 5) is 12.2. The maximum atomic E-state index is 12.9. The minimum atomic E-state index is -3.82. The highest BCUT2D eigenvalue weighted by Gasteiger charge is 2.24. The number of ketones is 1. The van der Waals surface area contributed by atoms with Crippen molar-refractivity contribution in [2.45, 2.75) is 24.3 Å². The molecule has 3 rings (SSSR count). The molecule has 0 unspecified atom stereocenters. The van der Waals surface area contributed by atoms with Crippen LogP contribution in [0.15, 0.2) is 77.7 Å². The van der Waals surface area contributed by atoms with Crippen molar-refractivity contribution < 1.29 is 13.2 Å². The summed E-state index contributed by atoms with van der Waals surface area (Å²) < 4.78 is 28.3. The van der Waals surface area contributed by atoms with E-state index in [1.807, 2.05) is 48.5 Å². The van der Waals surface area contributed by atoms with Crippen molar-refractivity contribution in [1.82, 2.24) is 4.72 Å². The molecule has 0 aliphatic carbocycles. The lowest BCUT2D eigenvalue weighted by Crippen LogP contribution is -2.41. The molecule has 25 heavy (non-hydrogen) atoms. The standard InChI is InChI=1S/C20H19NO3S/c1-15(22)19(14-16-8-3-2-4-9-16)21-25(23,24)20-13-7-11-17-10-5-6-12-18(17)20/h2-13,19,21H,14H2,1H3/t19-/m0/s1. The summed E-state index contributed by atoms with van der Waals surface area (Å²) in [6.07, 6.45) is 0.320. The highest BCUT2D eigenvalue weighted by Crippen LogP contribution is 2.23. The van der Waals surface area contributed by atoms with Crippen LogP contribution in [0.2, 0.25) is 0 Å². The zero-order valence-electron chi connectivity index (χ0n) is 13.8. The number of hydrogen-bond acceptors (Lipinski definition) is 3. The fourth-order valence-corrected chi connectivity index (χ4v) is 4.28. The number of carbonyl (C=O) groups is 1. The number of Topliss-reactive ketones (excluding diaryl/α,β-unsaturated/α-hetero) is 1. The molecular formula is C20H19NO3S. The zero-order valence-corrected chi connectivity index (χ0v) is 14.7. The van der Waals surface area contributed by atoms with Crippen LogP contribution >= 0.6 is 0 Å². The first-order valence-corrected chi connectivity index (χ1v) is 9.50. The number of benzene rings is 3. The van der Waals surface area contributed by atoms with E-state index < -0.39 is 16.1 Å². The average Bonchev–Trinajstić information content (AvgIpc) is 2.61. The van der Waals surface area contributed by atoms with Crippen molar-refractivity contribution in [3.63, 3.8) is 0 Å². The van der Waals surface area contributed by atoms with Gasteiger partial charge >= 0.3 is 0 Å². The van der Waals surface area contributed by atoms with Crippen LogP contribution in [0, 0.1) is 0 Å². The van der Waals surface area contributed by atoms with Crippen molar-refractivity contribution in [1.29, 1.82) is 0 Å². The van der Waals surface area contributed by atoms with E-state index in [9.17, 15) is 13.2 Å². The van der Waals surface area contributed by atoms with Crippen LogP contribution < -0.4 is 4.72 Å². The van der Waals surface area contributed by atoms with Gasteiger partial charge in [-0.05, 0) is 30.4 Å². The Morgan fingerprint density at radius 3 is 2.28 bits per heavy atom. The average molecular weight is 353 g/mol. The smallest absolute Gasteiger partial charge is 0.241 e. The van der Waals surface area contributed by atoms with Gasteiger partial charge < -0.3 is 0 Å². The monoisotopic (exact) mass is 353 g/mol. The number of sulfonamides is 1. The third-order valence-electron chi connectivity index (χ3n) is 4.11. The lowest BCUT2D eigenvalue weighted by atomic mass is 10.0. The summed E-state index contributed by atoms with van der Waals surface area (Å²) in [6.45, 7) is 1.40. The fourth-order valence-electron chi connectivity index (χ4n) is 2.80. The predicted molar refractivity (Wildman–Crippen MR) is 98.9 cm³/mol. The fraction of sp³-hybridized carbons (Fsp3) is 0.150. The quantitative estimate of drug-likeness (QED) is 0.739. The Hall–Kier alpha value is -2.50. The molecule has 0 bridgehead atoms. The first kappa shape index (κ1) is 17.3. The number of fused-ring (bicyclic) bond motifs is 1. The Morgan fingerprint density at radius 1 is 0.920 bits per heavy atom. The van der Waals surface area contributed by atoms with Crippen LogP contribution in [0.25, 0.3) is 10.8 Å². The Labute approximate surface area is 147 Å². The Morgan fingerprint density at radius 2 is 1.56 bits per heavy atom. The molecular weight excluding hydrogens is 334 g/mol. The maximum absolute atomic E-state index is 12.9. The zero-order chi connectivity index (χ0) is 17.9. The minimum absolute atomic E-state index is 0.185. The van der Waals surface area contributed by atoms with E-state index >= 15 is 0 Å². The molecule has 0 fully saturated rings. The van der Waals surface area contributed by atoms with Gasteiger partial charge in [0.25, 0.3) is 0 Å². The topological polar surface area (TPSA) is 63.2 Å². The third kappa shape index (κ3) is 3.95. The minimum Gasteiger partial charge on any atom is -0.298 e. The van der Waals surface area contributed by atoms with E-state index in [-0.39, 0.29) is 10.7 Å². The van der Waals surface area contributed by atoms with Gasteiger partial charge in [0, 0.05) is 5.39 Å². The molecule has 3 aromatic carbocycles. The van der Waals surface area contributed by atoms with E-state index in [0.717, 1.165) is 10.9 Å². The van der Waals surface area contributed by atoms with Crippen LogP contribution in [0.1, 0.15) is 12.5 Å². The van der Waals surface area contributed by atoms with Gasteiger partial charge in [0.15, 0.2) is 0 Å². The summed E-state index contributed by atoms with van der Waals surface area (Å²) >= 11 is 0. The second kappa shape index (κ2) is 7.17. The lowest BCUT2D eigenvalue weighted by molar-refractivity contribution is -0.118. The summed E-state index contributed by atoms with van der Waals surface area (Å²) in [7, 11) is -3.82. The van der Waals surface area contributed by atoms with Gasteiger partial charge in [0.1, 0.15) is 5.78 Å². The molecule has 0 saturated carbocycles. The summed E-state index contributed by atoms with van der Waals surface area (Å²) in [5.41, 5.74) is 0.906. The molecule has 0 spiro atoms. The second-order valence-electron chi connectivity index (χ2n) is 5.95. The Kier molecular flexibility index (Phi) is 4.97. The summed E-state index contributed by atoms with van der Waals surface area (Å²) in [5, 5.41) is 1.48. The highest BCUT2D eigenvalue weighted by molar-refractivity contribution is 7.89. The highest BCUT2D eigenvalue weighted by atomic mass is 32.2. The third-order valence-corrected chi connectivity index (χ3v) is 5.64. The molecule has 0 aliphatic heterocycles. The summed E-state index contributed by atoms with van der Waals surface area (Å²) in [5.74, 6) is -0.215. The first-order chi connectivity index (χ1) is 12.0. The van der Waals surface area contributed by atoms with E-state index in [1.165, 1.54) is 6.92 Å². The van der Waals surface area contributed by atoms with Crippen molar-refractivity contribution in [2.24, 2.45) is 0 Å². The first-order valence-electron chi connectivity index (χ1n) is 8.02.